The Balaban J connectivity index is 1.65. The van der Waals surface area contributed by atoms with Gasteiger partial charge in [-0.05, 0) is 29.9 Å². The third kappa shape index (κ3) is 3.57. The van der Waals surface area contributed by atoms with E-state index in [1.54, 1.807) is 11.4 Å². The quantitative estimate of drug-likeness (QED) is 0.832. The molecule has 1 heterocycles. The molecule has 1 aliphatic carbocycles. The number of ether oxygens (including phenoxy) is 1. The second-order valence-corrected chi connectivity index (χ2v) is 6.97. The number of thiophene rings is 1. The number of carbonyl (C=O) groups excluding carboxylic acids is 2. The van der Waals surface area contributed by atoms with Gasteiger partial charge in [0.25, 0.3) is 5.91 Å². The van der Waals surface area contributed by atoms with E-state index in [-0.39, 0.29) is 12.6 Å². The molecule has 0 atom stereocenters. The van der Waals surface area contributed by atoms with Crippen molar-refractivity contribution in [3.05, 3.63) is 52.9 Å². The number of amides is 1. The van der Waals surface area contributed by atoms with Crippen LogP contribution in [-0.2, 0) is 19.7 Å². The van der Waals surface area contributed by atoms with Crippen LogP contribution < -0.4 is 5.32 Å². The highest BCUT2D eigenvalue weighted by Gasteiger charge is 2.44. The first-order chi connectivity index (χ1) is 12.2. The number of anilines is 1. The Kier molecular flexibility index (Phi) is 5.15. The zero-order chi connectivity index (χ0) is 17.7. The summed E-state index contributed by atoms with van der Waals surface area (Å²) < 4.78 is 5.34. The van der Waals surface area contributed by atoms with E-state index in [0.29, 0.717) is 10.6 Å². The van der Waals surface area contributed by atoms with Gasteiger partial charge in [-0.1, -0.05) is 43.2 Å². The second-order valence-electron chi connectivity index (χ2n) is 6.05. The standard InChI is InChI=1S/C19H18N2O3S/c20-12-14-8-11-25-17(14)21-16(22)13-24-18(23)19(9-4-5-10-19)15-6-2-1-3-7-15/h1-3,6-8,11H,4-5,9-10,13H2,(H,21,22). The smallest absolute Gasteiger partial charge is 0.317 e. The van der Waals surface area contributed by atoms with Crippen molar-refractivity contribution in [2.45, 2.75) is 31.1 Å². The summed E-state index contributed by atoms with van der Waals surface area (Å²) >= 11 is 1.26. The predicted octanol–water partition coefficient (Wildman–Crippen LogP) is 3.61. The number of hydrogen-bond acceptors (Lipinski definition) is 5. The second kappa shape index (κ2) is 7.49. The SMILES string of the molecule is N#Cc1ccsc1NC(=O)COC(=O)C1(c2ccccc2)CCCC1. The first kappa shape index (κ1) is 17.2. The molecule has 1 amide bonds. The Morgan fingerprint density at radius 3 is 2.60 bits per heavy atom. The van der Waals surface area contributed by atoms with Crippen molar-refractivity contribution < 1.29 is 14.3 Å². The fourth-order valence-electron chi connectivity index (χ4n) is 3.27. The van der Waals surface area contributed by atoms with Crippen molar-refractivity contribution >= 4 is 28.2 Å². The Morgan fingerprint density at radius 2 is 1.92 bits per heavy atom. The average Bonchev–Trinajstić information content (AvgIpc) is 3.30. The molecule has 1 aromatic heterocycles. The van der Waals surface area contributed by atoms with Crippen molar-refractivity contribution in [2.75, 3.05) is 11.9 Å². The summed E-state index contributed by atoms with van der Waals surface area (Å²) in [5.74, 6) is -0.786. The van der Waals surface area contributed by atoms with Gasteiger partial charge in [-0.3, -0.25) is 9.59 Å². The average molecular weight is 354 g/mol. The fourth-order valence-corrected chi connectivity index (χ4v) is 4.03. The van der Waals surface area contributed by atoms with Crippen LogP contribution in [-0.4, -0.2) is 18.5 Å². The molecule has 0 saturated heterocycles. The number of nitrogens with one attached hydrogen (secondary N) is 1. The molecule has 3 rings (SSSR count). The van der Waals surface area contributed by atoms with E-state index >= 15 is 0 Å². The van der Waals surface area contributed by atoms with Crippen molar-refractivity contribution in [1.29, 1.82) is 5.26 Å². The third-order valence-corrected chi connectivity index (χ3v) is 5.38. The van der Waals surface area contributed by atoms with Crippen LogP contribution in [0.1, 0.15) is 36.8 Å². The molecule has 25 heavy (non-hydrogen) atoms. The molecule has 0 spiro atoms. The van der Waals surface area contributed by atoms with E-state index in [4.69, 9.17) is 10.00 Å². The topological polar surface area (TPSA) is 79.2 Å². The van der Waals surface area contributed by atoms with Gasteiger partial charge in [0.15, 0.2) is 6.61 Å². The van der Waals surface area contributed by atoms with E-state index in [2.05, 4.69) is 5.32 Å². The monoisotopic (exact) mass is 354 g/mol. The maximum atomic E-state index is 12.7. The summed E-state index contributed by atoms with van der Waals surface area (Å²) in [5.41, 5.74) is 0.701. The van der Waals surface area contributed by atoms with Crippen LogP contribution in [0.2, 0.25) is 0 Å². The number of carbonyl (C=O) groups is 2. The van der Waals surface area contributed by atoms with Crippen LogP contribution in [0.15, 0.2) is 41.8 Å². The first-order valence-corrected chi connectivity index (χ1v) is 9.04. The van der Waals surface area contributed by atoms with E-state index in [1.807, 2.05) is 36.4 Å². The largest absolute Gasteiger partial charge is 0.455 e. The minimum absolute atomic E-state index is 0.349. The van der Waals surface area contributed by atoms with Crippen LogP contribution in [0.3, 0.4) is 0 Å². The van der Waals surface area contributed by atoms with Gasteiger partial charge >= 0.3 is 5.97 Å². The zero-order valence-electron chi connectivity index (χ0n) is 13.7. The predicted molar refractivity (Wildman–Crippen MR) is 95.2 cm³/mol. The Hall–Kier alpha value is -2.65. The van der Waals surface area contributed by atoms with Crippen LogP contribution >= 0.6 is 11.3 Å². The van der Waals surface area contributed by atoms with Gasteiger partial charge in [0.05, 0.1) is 11.0 Å². The van der Waals surface area contributed by atoms with E-state index < -0.39 is 11.3 Å². The Bertz CT molecular complexity index is 802. The number of benzene rings is 1. The molecule has 6 heteroatoms. The van der Waals surface area contributed by atoms with Gasteiger partial charge < -0.3 is 10.1 Å². The number of rotatable bonds is 5. The number of esters is 1. The van der Waals surface area contributed by atoms with Crippen molar-refractivity contribution in [2.24, 2.45) is 0 Å². The lowest BCUT2D eigenvalue weighted by atomic mass is 9.79. The molecule has 1 N–H and O–H groups in total. The van der Waals surface area contributed by atoms with Gasteiger partial charge in [0, 0.05) is 0 Å². The van der Waals surface area contributed by atoms with Gasteiger partial charge in [-0.25, -0.2) is 0 Å². The number of hydrogen-bond donors (Lipinski definition) is 1. The summed E-state index contributed by atoms with van der Waals surface area (Å²) in [6.45, 7) is -0.351. The molecule has 0 radical (unpaired) electrons. The number of nitriles is 1. The maximum Gasteiger partial charge on any atom is 0.317 e. The van der Waals surface area contributed by atoms with Gasteiger partial charge in [0.1, 0.15) is 11.1 Å². The lowest BCUT2D eigenvalue weighted by Gasteiger charge is -2.27. The summed E-state index contributed by atoms with van der Waals surface area (Å²) in [4.78, 5) is 24.8. The summed E-state index contributed by atoms with van der Waals surface area (Å²) in [7, 11) is 0. The molecule has 1 aliphatic rings. The van der Waals surface area contributed by atoms with Gasteiger partial charge in [-0.15, -0.1) is 11.3 Å². The van der Waals surface area contributed by atoms with Crippen LogP contribution in [0.5, 0.6) is 0 Å². The Labute approximate surface area is 150 Å². The summed E-state index contributed by atoms with van der Waals surface area (Å²) in [6.07, 6.45) is 3.41. The van der Waals surface area contributed by atoms with Crippen molar-refractivity contribution in [1.82, 2.24) is 0 Å². The van der Waals surface area contributed by atoms with E-state index in [0.717, 1.165) is 31.2 Å². The first-order valence-electron chi connectivity index (χ1n) is 8.16. The van der Waals surface area contributed by atoms with Crippen LogP contribution in [0, 0.1) is 11.3 Å². The molecule has 1 saturated carbocycles. The lowest BCUT2D eigenvalue weighted by molar-refractivity contribution is -0.153. The molecule has 0 bridgehead atoms. The molecule has 0 aliphatic heterocycles. The maximum absolute atomic E-state index is 12.7. The number of nitrogens with zero attached hydrogens (tertiary/aromatic N) is 1. The third-order valence-electron chi connectivity index (χ3n) is 4.55. The summed E-state index contributed by atoms with van der Waals surface area (Å²) in [6, 6.07) is 13.3. The van der Waals surface area contributed by atoms with E-state index in [9.17, 15) is 9.59 Å². The molecular formula is C19H18N2O3S. The highest BCUT2D eigenvalue weighted by molar-refractivity contribution is 7.14. The zero-order valence-corrected chi connectivity index (χ0v) is 14.5. The molecule has 2 aromatic rings. The minimum Gasteiger partial charge on any atom is -0.455 e. The molecule has 128 valence electrons. The normalized spacial score (nSPS) is 15.3. The molecule has 0 unspecified atom stereocenters. The molecule has 5 nitrogen and oxygen atoms in total. The fraction of sp³-hybridized carbons (Fsp3) is 0.316. The lowest BCUT2D eigenvalue weighted by Crippen LogP contribution is -2.36. The Morgan fingerprint density at radius 1 is 1.20 bits per heavy atom. The minimum atomic E-state index is -0.651. The van der Waals surface area contributed by atoms with Crippen molar-refractivity contribution in [3.8, 4) is 6.07 Å². The van der Waals surface area contributed by atoms with Crippen LogP contribution in [0.4, 0.5) is 5.00 Å². The highest BCUT2D eigenvalue weighted by Crippen LogP contribution is 2.42. The molecule has 1 aromatic carbocycles. The van der Waals surface area contributed by atoms with Crippen LogP contribution in [0.25, 0.3) is 0 Å². The molecule has 1 fully saturated rings. The van der Waals surface area contributed by atoms with E-state index in [1.165, 1.54) is 11.3 Å². The van der Waals surface area contributed by atoms with Gasteiger partial charge in [-0.2, -0.15) is 5.26 Å². The van der Waals surface area contributed by atoms with Gasteiger partial charge in [0.2, 0.25) is 0 Å². The summed E-state index contributed by atoms with van der Waals surface area (Å²) in [5, 5.41) is 13.8. The van der Waals surface area contributed by atoms with Crippen molar-refractivity contribution in [3.63, 3.8) is 0 Å². The highest BCUT2D eigenvalue weighted by atomic mass is 32.1. The molecular weight excluding hydrogens is 336 g/mol.